The second-order valence-corrected chi connectivity index (χ2v) is 7.27. The molecule has 1 saturated carbocycles. The molecule has 0 aromatic carbocycles. The van der Waals surface area contributed by atoms with Crippen molar-refractivity contribution < 1.29 is 0 Å². The summed E-state index contributed by atoms with van der Waals surface area (Å²) in [6.45, 7) is 12.6. The first-order valence-corrected chi connectivity index (χ1v) is 9.00. The highest BCUT2D eigenvalue weighted by molar-refractivity contribution is 14.0. The van der Waals surface area contributed by atoms with E-state index >= 15 is 0 Å². The zero-order valence-electron chi connectivity index (χ0n) is 14.3. The van der Waals surface area contributed by atoms with E-state index < -0.39 is 0 Å². The molecule has 1 unspecified atom stereocenters. The first-order valence-electron chi connectivity index (χ1n) is 9.00. The predicted molar refractivity (Wildman–Crippen MR) is 104 cm³/mol. The van der Waals surface area contributed by atoms with E-state index in [4.69, 9.17) is 4.99 Å². The Labute approximate surface area is 153 Å². The Hall–Kier alpha value is -0.0400. The Morgan fingerprint density at radius 2 is 2.05 bits per heavy atom. The first kappa shape index (κ1) is 18.3. The molecule has 1 atom stereocenters. The largest absolute Gasteiger partial charge is 0.357 e. The molecule has 5 heteroatoms. The van der Waals surface area contributed by atoms with Gasteiger partial charge in [0.25, 0.3) is 0 Å². The molecule has 2 heterocycles. The lowest BCUT2D eigenvalue weighted by Gasteiger charge is -2.38. The van der Waals surface area contributed by atoms with Gasteiger partial charge in [-0.25, -0.2) is 0 Å². The topological polar surface area (TPSA) is 30.9 Å². The van der Waals surface area contributed by atoms with Crippen LogP contribution in [0.1, 0.15) is 46.0 Å². The molecule has 2 aliphatic heterocycles. The minimum absolute atomic E-state index is 0. The van der Waals surface area contributed by atoms with Gasteiger partial charge in [0.05, 0.1) is 0 Å². The quantitative estimate of drug-likeness (QED) is 0.431. The lowest BCUT2D eigenvalue weighted by molar-refractivity contribution is 0.151. The molecule has 3 rings (SSSR count). The number of likely N-dealkylation sites (tertiary alicyclic amines) is 2. The third-order valence-electron chi connectivity index (χ3n) is 5.80. The Morgan fingerprint density at radius 3 is 2.59 bits per heavy atom. The summed E-state index contributed by atoms with van der Waals surface area (Å²) < 4.78 is 0. The highest BCUT2D eigenvalue weighted by atomic mass is 127. The maximum absolute atomic E-state index is 4.97. The van der Waals surface area contributed by atoms with Gasteiger partial charge in [-0.05, 0) is 57.0 Å². The Balaban J connectivity index is 0.00000176. The second kappa shape index (κ2) is 8.18. The summed E-state index contributed by atoms with van der Waals surface area (Å²) in [7, 11) is 0. The maximum Gasteiger partial charge on any atom is 0.193 e. The summed E-state index contributed by atoms with van der Waals surface area (Å²) in [5.41, 5.74) is 0.655. The number of hydrogen-bond donors (Lipinski definition) is 1. The van der Waals surface area contributed by atoms with Crippen LogP contribution in [0, 0.1) is 11.3 Å². The average molecular weight is 420 g/mol. The molecule has 3 aliphatic rings. The van der Waals surface area contributed by atoms with Crippen LogP contribution in [0.15, 0.2) is 4.99 Å². The highest BCUT2D eigenvalue weighted by Crippen LogP contribution is 2.47. The van der Waals surface area contributed by atoms with Crippen LogP contribution in [-0.4, -0.2) is 61.6 Å². The molecule has 128 valence electrons. The van der Waals surface area contributed by atoms with Gasteiger partial charge in [0.1, 0.15) is 0 Å². The molecule has 0 aromatic heterocycles. The van der Waals surface area contributed by atoms with Crippen molar-refractivity contribution in [2.24, 2.45) is 16.3 Å². The van der Waals surface area contributed by atoms with Crippen LogP contribution in [0.25, 0.3) is 0 Å². The fraction of sp³-hybridized carbons (Fsp3) is 0.941. The van der Waals surface area contributed by atoms with Crippen molar-refractivity contribution in [1.82, 2.24) is 15.1 Å². The third kappa shape index (κ3) is 4.08. The molecule has 0 amide bonds. The van der Waals surface area contributed by atoms with Crippen LogP contribution in [0.4, 0.5) is 0 Å². The minimum Gasteiger partial charge on any atom is -0.357 e. The van der Waals surface area contributed by atoms with Gasteiger partial charge in [0, 0.05) is 32.7 Å². The average Bonchev–Trinajstić information content (AvgIpc) is 3.09. The van der Waals surface area contributed by atoms with E-state index in [2.05, 4.69) is 29.0 Å². The maximum atomic E-state index is 4.97. The molecule has 4 nitrogen and oxygen atoms in total. The van der Waals surface area contributed by atoms with Crippen molar-refractivity contribution in [3.63, 3.8) is 0 Å². The molecular formula is C17H33IN4. The van der Waals surface area contributed by atoms with Crippen molar-refractivity contribution in [2.45, 2.75) is 46.0 Å². The van der Waals surface area contributed by atoms with E-state index in [9.17, 15) is 0 Å². The molecule has 22 heavy (non-hydrogen) atoms. The van der Waals surface area contributed by atoms with Gasteiger partial charge < -0.3 is 15.1 Å². The summed E-state index contributed by atoms with van der Waals surface area (Å²) >= 11 is 0. The van der Waals surface area contributed by atoms with Crippen LogP contribution in [0.3, 0.4) is 0 Å². The van der Waals surface area contributed by atoms with Crippen LogP contribution < -0.4 is 5.32 Å². The molecule has 2 saturated heterocycles. The summed E-state index contributed by atoms with van der Waals surface area (Å²) in [4.78, 5) is 10.0. The first-order chi connectivity index (χ1) is 10.2. The molecule has 0 aromatic rings. The molecule has 1 N–H and O–H groups in total. The summed E-state index contributed by atoms with van der Waals surface area (Å²) in [5, 5.41) is 3.52. The fourth-order valence-corrected chi connectivity index (χ4v) is 4.19. The number of hydrogen-bond acceptors (Lipinski definition) is 2. The monoisotopic (exact) mass is 420 g/mol. The molecular weight excluding hydrogens is 387 g/mol. The smallest absolute Gasteiger partial charge is 0.193 e. The van der Waals surface area contributed by atoms with E-state index in [1.165, 1.54) is 70.8 Å². The van der Waals surface area contributed by atoms with E-state index in [0.29, 0.717) is 5.41 Å². The van der Waals surface area contributed by atoms with Gasteiger partial charge in [-0.2, -0.15) is 0 Å². The van der Waals surface area contributed by atoms with Crippen molar-refractivity contribution >= 4 is 29.9 Å². The lowest BCUT2D eigenvalue weighted by Crippen LogP contribution is -2.42. The lowest BCUT2D eigenvalue weighted by atomic mass is 9.68. The fourth-order valence-electron chi connectivity index (χ4n) is 4.19. The number of halogens is 1. The number of nitrogens with one attached hydrogen (secondary N) is 1. The van der Waals surface area contributed by atoms with Crippen LogP contribution >= 0.6 is 24.0 Å². The van der Waals surface area contributed by atoms with E-state index in [1.54, 1.807) is 0 Å². The zero-order valence-corrected chi connectivity index (χ0v) is 16.6. The zero-order chi connectivity index (χ0) is 14.7. The second-order valence-electron chi connectivity index (χ2n) is 7.27. The molecule has 0 bridgehead atoms. The van der Waals surface area contributed by atoms with E-state index in [0.717, 1.165) is 19.0 Å². The van der Waals surface area contributed by atoms with Gasteiger partial charge in [-0.3, -0.25) is 4.99 Å². The minimum atomic E-state index is 0. The number of nitrogens with zero attached hydrogens (tertiary/aromatic N) is 3. The van der Waals surface area contributed by atoms with Crippen LogP contribution in [0.2, 0.25) is 0 Å². The number of guanidine groups is 1. The van der Waals surface area contributed by atoms with Crippen LogP contribution in [-0.2, 0) is 0 Å². The van der Waals surface area contributed by atoms with Crippen LogP contribution in [0.5, 0.6) is 0 Å². The number of aliphatic imine (C=N–C) groups is 1. The molecule has 1 aliphatic carbocycles. The highest BCUT2D eigenvalue weighted by Gasteiger charge is 2.43. The van der Waals surface area contributed by atoms with Gasteiger partial charge in [-0.15, -0.1) is 24.0 Å². The van der Waals surface area contributed by atoms with Crippen molar-refractivity contribution in [3.8, 4) is 0 Å². The summed E-state index contributed by atoms with van der Waals surface area (Å²) in [6, 6.07) is 0. The Bertz CT molecular complexity index is 381. The van der Waals surface area contributed by atoms with Gasteiger partial charge in [0.2, 0.25) is 0 Å². The molecule has 1 spiro atoms. The normalized spacial score (nSPS) is 27.8. The van der Waals surface area contributed by atoms with Gasteiger partial charge >= 0.3 is 0 Å². The molecule has 3 fully saturated rings. The molecule has 0 radical (unpaired) electrons. The van der Waals surface area contributed by atoms with Gasteiger partial charge in [-0.1, -0.05) is 13.3 Å². The van der Waals surface area contributed by atoms with E-state index in [-0.39, 0.29) is 24.0 Å². The summed E-state index contributed by atoms with van der Waals surface area (Å²) in [6.07, 6.45) is 7.02. The standard InChI is InChI=1S/C17H32N4.HI/c1-3-18-16(19-12-15-6-10-20(4-2)13-15)21-11-9-17(14-21)7-5-8-17;/h15H,3-14H2,1-2H3,(H,18,19);1H. The van der Waals surface area contributed by atoms with Crippen molar-refractivity contribution in [2.75, 3.05) is 45.8 Å². The van der Waals surface area contributed by atoms with E-state index in [1.807, 2.05) is 0 Å². The third-order valence-corrected chi connectivity index (χ3v) is 5.80. The van der Waals surface area contributed by atoms with Gasteiger partial charge in [0.15, 0.2) is 5.96 Å². The SMILES string of the molecule is CCNC(=NCC1CCN(CC)C1)N1CCC2(CCC2)C1.I. The number of rotatable bonds is 4. The van der Waals surface area contributed by atoms with Crippen molar-refractivity contribution in [3.05, 3.63) is 0 Å². The van der Waals surface area contributed by atoms with Crippen molar-refractivity contribution in [1.29, 1.82) is 0 Å². The Kier molecular flexibility index (Phi) is 6.80. The summed E-state index contributed by atoms with van der Waals surface area (Å²) in [5.74, 6) is 1.94. The Morgan fingerprint density at radius 1 is 1.23 bits per heavy atom. The predicted octanol–water partition coefficient (Wildman–Crippen LogP) is 2.79.